The first-order chi connectivity index (χ1) is 14.6. The Morgan fingerprint density at radius 2 is 1.87 bits per heavy atom. The van der Waals surface area contributed by atoms with Crippen LogP contribution in [0.4, 0.5) is 20.3 Å². The van der Waals surface area contributed by atoms with Crippen LogP contribution >= 0.6 is 23.2 Å². The van der Waals surface area contributed by atoms with E-state index >= 15 is 0 Å². The van der Waals surface area contributed by atoms with Crippen molar-refractivity contribution in [1.29, 1.82) is 0 Å². The number of rotatable bonds is 7. The zero-order valence-corrected chi connectivity index (χ0v) is 17.8. The van der Waals surface area contributed by atoms with Crippen molar-refractivity contribution < 1.29 is 18.5 Å². The Balaban J connectivity index is 1.76. The van der Waals surface area contributed by atoms with E-state index in [9.17, 15) is 23.7 Å². The highest BCUT2D eigenvalue weighted by Crippen LogP contribution is 2.31. The minimum absolute atomic E-state index is 0.148. The van der Waals surface area contributed by atoms with Gasteiger partial charge in [-0.2, -0.15) is 10.2 Å². The van der Waals surface area contributed by atoms with Crippen LogP contribution in [0, 0.1) is 24.0 Å². The minimum Gasteiger partial charge on any atom is -0.308 e. The molecule has 0 atom stereocenters. The first-order valence-corrected chi connectivity index (χ1v) is 9.61. The predicted octanol–water partition coefficient (Wildman–Crippen LogP) is 4.54. The van der Waals surface area contributed by atoms with Gasteiger partial charge in [-0.05, 0) is 26.0 Å². The maximum Gasteiger partial charge on any atom is 0.319 e. The fourth-order valence-corrected chi connectivity index (χ4v) is 3.49. The molecule has 0 aliphatic carbocycles. The summed E-state index contributed by atoms with van der Waals surface area (Å²) in [6, 6.07) is 6.72. The summed E-state index contributed by atoms with van der Waals surface area (Å²) in [6.07, 6.45) is -3.14. The average molecular weight is 473 g/mol. The van der Waals surface area contributed by atoms with Crippen molar-refractivity contribution in [3.05, 3.63) is 67.1 Å². The molecule has 0 aliphatic heterocycles. The normalized spacial score (nSPS) is 11.2. The third kappa shape index (κ3) is 4.83. The lowest BCUT2D eigenvalue weighted by molar-refractivity contribution is -0.386. The highest BCUT2D eigenvalue weighted by atomic mass is 35.5. The SMILES string of the molecule is Cc1cc(NC(=O)Cn2nc(C(F)F)c([N+](=O)[O-])c2C)nn1Cc1c(Cl)cccc1Cl. The van der Waals surface area contributed by atoms with Gasteiger partial charge in [0, 0.05) is 27.4 Å². The van der Waals surface area contributed by atoms with E-state index in [1.807, 2.05) is 0 Å². The number of hydrogen-bond acceptors (Lipinski definition) is 5. The smallest absolute Gasteiger partial charge is 0.308 e. The van der Waals surface area contributed by atoms with Gasteiger partial charge < -0.3 is 5.32 Å². The van der Waals surface area contributed by atoms with Crippen molar-refractivity contribution >= 4 is 40.6 Å². The molecule has 164 valence electrons. The number of carbonyl (C=O) groups is 1. The lowest BCUT2D eigenvalue weighted by Gasteiger charge is -2.08. The van der Waals surface area contributed by atoms with Crippen molar-refractivity contribution in [3.8, 4) is 0 Å². The van der Waals surface area contributed by atoms with Crippen LogP contribution in [-0.2, 0) is 17.9 Å². The fraction of sp³-hybridized carbons (Fsp3) is 0.278. The van der Waals surface area contributed by atoms with Crippen LogP contribution in [0.5, 0.6) is 0 Å². The monoisotopic (exact) mass is 472 g/mol. The second-order valence-electron chi connectivity index (χ2n) is 6.61. The number of hydrogen-bond donors (Lipinski definition) is 1. The Hall–Kier alpha value is -3.05. The standard InChI is InChI=1S/C18H16Cl2F2N6O3/c1-9-6-14(24-26(9)7-11-12(19)4-3-5-13(11)20)23-15(29)8-27-10(2)17(28(30)31)16(25-27)18(21)22/h3-6,18H,7-8H2,1-2H3,(H,23,24,29). The summed E-state index contributed by atoms with van der Waals surface area (Å²) in [5, 5.41) is 22.3. The van der Waals surface area contributed by atoms with Crippen LogP contribution in [0.1, 0.15) is 29.1 Å². The van der Waals surface area contributed by atoms with E-state index in [1.165, 1.54) is 6.92 Å². The number of amides is 1. The van der Waals surface area contributed by atoms with Gasteiger partial charge in [0.15, 0.2) is 5.82 Å². The van der Waals surface area contributed by atoms with Crippen molar-refractivity contribution in [2.45, 2.75) is 33.4 Å². The van der Waals surface area contributed by atoms with Crippen LogP contribution in [0.15, 0.2) is 24.3 Å². The first kappa shape index (κ1) is 22.6. The molecule has 0 bridgehead atoms. The second kappa shape index (κ2) is 8.98. The van der Waals surface area contributed by atoms with Gasteiger partial charge in [0.05, 0.1) is 11.5 Å². The van der Waals surface area contributed by atoms with Gasteiger partial charge in [0.2, 0.25) is 11.6 Å². The molecule has 31 heavy (non-hydrogen) atoms. The summed E-state index contributed by atoms with van der Waals surface area (Å²) in [6.45, 7) is 2.78. The van der Waals surface area contributed by atoms with Crippen LogP contribution in [-0.4, -0.2) is 30.4 Å². The van der Waals surface area contributed by atoms with Gasteiger partial charge in [-0.15, -0.1) is 0 Å². The first-order valence-electron chi connectivity index (χ1n) is 8.85. The molecule has 0 aliphatic rings. The molecule has 0 radical (unpaired) electrons. The Labute approximate surface area is 184 Å². The molecule has 0 spiro atoms. The molecule has 0 unspecified atom stereocenters. The van der Waals surface area contributed by atoms with Crippen LogP contribution in [0.3, 0.4) is 0 Å². The zero-order chi connectivity index (χ0) is 22.9. The molecular formula is C18H16Cl2F2N6O3. The summed E-state index contributed by atoms with van der Waals surface area (Å²) in [7, 11) is 0. The van der Waals surface area contributed by atoms with Crippen molar-refractivity contribution in [1.82, 2.24) is 19.6 Å². The Morgan fingerprint density at radius 3 is 2.42 bits per heavy atom. The molecule has 1 aromatic carbocycles. The summed E-state index contributed by atoms with van der Waals surface area (Å²) in [5.41, 5.74) is -0.566. The van der Waals surface area contributed by atoms with Crippen molar-refractivity contribution in [3.63, 3.8) is 0 Å². The maximum atomic E-state index is 13.0. The van der Waals surface area contributed by atoms with Crippen molar-refractivity contribution in [2.24, 2.45) is 0 Å². The van der Waals surface area contributed by atoms with Crippen molar-refractivity contribution in [2.75, 3.05) is 5.32 Å². The number of alkyl halides is 2. The average Bonchev–Trinajstić information content (AvgIpc) is 3.18. The quantitative estimate of drug-likeness (QED) is 0.401. The highest BCUT2D eigenvalue weighted by Gasteiger charge is 2.31. The van der Waals surface area contributed by atoms with Gasteiger partial charge in [0.1, 0.15) is 12.2 Å². The molecule has 1 amide bonds. The van der Waals surface area contributed by atoms with Gasteiger partial charge in [-0.1, -0.05) is 29.3 Å². The van der Waals surface area contributed by atoms with E-state index in [4.69, 9.17) is 23.2 Å². The van der Waals surface area contributed by atoms with Crippen LogP contribution in [0.2, 0.25) is 10.0 Å². The van der Waals surface area contributed by atoms with E-state index in [1.54, 1.807) is 35.9 Å². The van der Waals surface area contributed by atoms with Gasteiger partial charge >= 0.3 is 5.69 Å². The number of nitrogens with zero attached hydrogens (tertiary/aromatic N) is 5. The molecule has 3 aromatic rings. The second-order valence-corrected chi connectivity index (χ2v) is 7.43. The summed E-state index contributed by atoms with van der Waals surface area (Å²) >= 11 is 12.4. The zero-order valence-electron chi connectivity index (χ0n) is 16.3. The number of anilines is 1. The molecule has 1 N–H and O–H groups in total. The van der Waals surface area contributed by atoms with Gasteiger partial charge in [0.25, 0.3) is 6.43 Å². The molecule has 2 aromatic heterocycles. The highest BCUT2D eigenvalue weighted by molar-refractivity contribution is 6.35. The molecule has 0 saturated heterocycles. The largest absolute Gasteiger partial charge is 0.319 e. The minimum atomic E-state index is -3.14. The molecule has 9 nitrogen and oxygen atoms in total. The summed E-state index contributed by atoms with van der Waals surface area (Å²) in [5.74, 6) is -0.430. The Kier molecular flexibility index (Phi) is 6.56. The van der Waals surface area contributed by atoms with E-state index < -0.39 is 35.2 Å². The van der Waals surface area contributed by atoms with E-state index in [0.717, 1.165) is 4.68 Å². The molecular weight excluding hydrogens is 457 g/mol. The molecule has 13 heteroatoms. The Morgan fingerprint density at radius 1 is 1.23 bits per heavy atom. The maximum absolute atomic E-state index is 13.0. The van der Waals surface area contributed by atoms with Gasteiger partial charge in [-0.25, -0.2) is 8.78 Å². The Bertz CT molecular complexity index is 1140. The van der Waals surface area contributed by atoms with E-state index in [0.29, 0.717) is 21.3 Å². The number of halogens is 4. The number of nitro groups is 1. The molecule has 0 fully saturated rings. The van der Waals surface area contributed by atoms with Gasteiger partial charge in [-0.3, -0.25) is 24.3 Å². The fourth-order valence-electron chi connectivity index (χ4n) is 2.97. The topological polar surface area (TPSA) is 108 Å². The molecule has 0 saturated carbocycles. The lowest BCUT2D eigenvalue weighted by atomic mass is 10.2. The third-order valence-corrected chi connectivity index (χ3v) is 5.21. The number of carbonyl (C=O) groups excluding carboxylic acids is 1. The molecule has 3 rings (SSSR count). The third-order valence-electron chi connectivity index (χ3n) is 4.50. The molecule has 2 heterocycles. The lowest BCUT2D eigenvalue weighted by Crippen LogP contribution is -2.21. The number of nitrogens with one attached hydrogen (secondary N) is 1. The van der Waals surface area contributed by atoms with E-state index in [-0.39, 0.29) is 18.1 Å². The van der Waals surface area contributed by atoms with E-state index in [2.05, 4.69) is 15.5 Å². The van der Waals surface area contributed by atoms with Crippen LogP contribution < -0.4 is 5.32 Å². The number of aryl methyl sites for hydroxylation is 1. The number of aromatic nitrogens is 4. The predicted molar refractivity (Wildman–Crippen MR) is 110 cm³/mol. The van der Waals surface area contributed by atoms with Crippen LogP contribution in [0.25, 0.3) is 0 Å². The number of benzene rings is 1. The summed E-state index contributed by atoms with van der Waals surface area (Å²) < 4.78 is 28.5. The summed E-state index contributed by atoms with van der Waals surface area (Å²) in [4.78, 5) is 22.5.